The summed E-state index contributed by atoms with van der Waals surface area (Å²) in [5, 5.41) is 12.6. The second-order valence-electron chi connectivity index (χ2n) is 5.51. The Morgan fingerprint density at radius 2 is 1.74 bits per heavy atom. The molecule has 2 N–H and O–H groups in total. The normalized spacial score (nSPS) is 11.3. The topological polar surface area (TPSA) is 79.5 Å². The average Bonchev–Trinajstić information content (AvgIpc) is 3.10. The quantitative estimate of drug-likeness (QED) is 0.582. The second-order valence-corrected chi connectivity index (χ2v) is 6.35. The molecule has 1 aromatic heterocycles. The lowest BCUT2D eigenvalue weighted by atomic mass is 10.2. The first-order valence-electron chi connectivity index (χ1n) is 7.80. The highest BCUT2D eigenvalue weighted by molar-refractivity contribution is 6.36. The summed E-state index contributed by atoms with van der Waals surface area (Å²) in [7, 11) is 0. The number of carbonyl (C=O) groups is 2. The lowest BCUT2D eigenvalue weighted by molar-refractivity contribution is -0.132. The minimum Gasteiger partial charge on any atom is -0.477 e. The predicted molar refractivity (Wildman–Crippen MR) is 104 cm³/mol. The minimum absolute atomic E-state index is 0.252. The standard InChI is InChI=1S/C20H13Cl2NO4/c21-13-6-8-15(16(22)10-13)18-9-7-14(27-18)11-17(20(25)26)23-19(24)12-4-2-1-3-5-12/h1-11H,(H,23,24)(H,25,26)/b17-11+. The van der Waals surface area contributed by atoms with Gasteiger partial charge < -0.3 is 14.8 Å². The van der Waals surface area contributed by atoms with Crippen LogP contribution in [0.15, 0.2) is 70.8 Å². The van der Waals surface area contributed by atoms with Crippen LogP contribution < -0.4 is 5.32 Å². The average molecular weight is 402 g/mol. The van der Waals surface area contributed by atoms with Gasteiger partial charge in [-0.15, -0.1) is 0 Å². The SMILES string of the molecule is O=C(O)/C(=C\c1ccc(-c2ccc(Cl)cc2Cl)o1)NC(=O)c1ccccc1. The summed E-state index contributed by atoms with van der Waals surface area (Å²) in [5.41, 5.74) is 0.649. The first-order valence-corrected chi connectivity index (χ1v) is 8.56. The Morgan fingerprint density at radius 1 is 1.00 bits per heavy atom. The molecule has 1 heterocycles. The first kappa shape index (κ1) is 18.8. The number of furan rings is 1. The summed E-state index contributed by atoms with van der Waals surface area (Å²) in [5.74, 6) is -1.12. The van der Waals surface area contributed by atoms with Gasteiger partial charge >= 0.3 is 5.97 Å². The van der Waals surface area contributed by atoms with E-state index in [1.807, 2.05) is 0 Å². The molecule has 7 heteroatoms. The number of nitrogens with one attached hydrogen (secondary N) is 1. The smallest absolute Gasteiger partial charge is 0.352 e. The van der Waals surface area contributed by atoms with Crippen LogP contribution in [0.3, 0.4) is 0 Å². The number of hydrogen-bond donors (Lipinski definition) is 2. The van der Waals surface area contributed by atoms with E-state index in [-0.39, 0.29) is 11.5 Å². The molecule has 0 radical (unpaired) electrons. The van der Waals surface area contributed by atoms with Crippen LogP contribution in [0.4, 0.5) is 0 Å². The largest absolute Gasteiger partial charge is 0.477 e. The van der Waals surface area contributed by atoms with Crippen molar-refractivity contribution in [3.8, 4) is 11.3 Å². The molecule has 0 saturated heterocycles. The zero-order chi connectivity index (χ0) is 19.4. The second kappa shape index (κ2) is 8.12. The summed E-state index contributed by atoms with van der Waals surface area (Å²) in [6, 6.07) is 16.5. The molecule has 0 aliphatic heterocycles. The minimum atomic E-state index is -1.29. The summed E-state index contributed by atoms with van der Waals surface area (Å²) in [6.07, 6.45) is 1.23. The molecule has 3 aromatic rings. The number of carboxylic acid groups (broad SMARTS) is 1. The van der Waals surface area contributed by atoms with Crippen molar-refractivity contribution in [3.05, 3.63) is 87.7 Å². The highest BCUT2D eigenvalue weighted by Crippen LogP contribution is 2.31. The third-order valence-electron chi connectivity index (χ3n) is 3.62. The number of rotatable bonds is 5. The van der Waals surface area contributed by atoms with Crippen LogP contribution in [0.25, 0.3) is 17.4 Å². The molecule has 27 heavy (non-hydrogen) atoms. The van der Waals surface area contributed by atoms with Gasteiger partial charge in [-0.2, -0.15) is 0 Å². The van der Waals surface area contributed by atoms with Gasteiger partial charge in [-0.3, -0.25) is 4.79 Å². The van der Waals surface area contributed by atoms with Crippen LogP contribution in [0.5, 0.6) is 0 Å². The molecule has 0 unspecified atom stereocenters. The lowest BCUT2D eigenvalue weighted by Crippen LogP contribution is -2.27. The predicted octanol–water partition coefficient (Wildman–Crippen LogP) is 5.11. The van der Waals surface area contributed by atoms with Crippen LogP contribution in [0.2, 0.25) is 10.0 Å². The Balaban J connectivity index is 1.86. The highest BCUT2D eigenvalue weighted by Gasteiger charge is 2.15. The zero-order valence-electron chi connectivity index (χ0n) is 13.8. The molecule has 0 atom stereocenters. The maximum atomic E-state index is 12.2. The van der Waals surface area contributed by atoms with Crippen LogP contribution in [-0.2, 0) is 4.79 Å². The van der Waals surface area contributed by atoms with Gasteiger partial charge in [-0.1, -0.05) is 41.4 Å². The summed E-state index contributed by atoms with van der Waals surface area (Å²) >= 11 is 12.0. The van der Waals surface area contributed by atoms with Crippen molar-refractivity contribution in [2.45, 2.75) is 0 Å². The van der Waals surface area contributed by atoms with Crippen LogP contribution in [0.1, 0.15) is 16.1 Å². The van der Waals surface area contributed by atoms with Crippen LogP contribution in [0, 0.1) is 0 Å². The van der Waals surface area contributed by atoms with E-state index in [2.05, 4.69) is 5.32 Å². The Labute approximate surface area is 164 Å². The molecule has 0 fully saturated rings. The molecule has 0 aliphatic rings. The third kappa shape index (κ3) is 4.58. The molecule has 0 aliphatic carbocycles. The fraction of sp³-hybridized carbons (Fsp3) is 0. The van der Waals surface area contributed by atoms with Gasteiger partial charge in [0, 0.05) is 22.2 Å². The molecule has 0 saturated carbocycles. The van der Waals surface area contributed by atoms with Gasteiger partial charge in [0.25, 0.3) is 5.91 Å². The number of carbonyl (C=O) groups excluding carboxylic acids is 1. The van der Waals surface area contributed by atoms with Crippen molar-refractivity contribution in [1.29, 1.82) is 0 Å². The maximum absolute atomic E-state index is 12.2. The van der Waals surface area contributed by atoms with E-state index >= 15 is 0 Å². The molecule has 136 valence electrons. The fourth-order valence-electron chi connectivity index (χ4n) is 2.34. The van der Waals surface area contributed by atoms with E-state index in [4.69, 9.17) is 27.6 Å². The fourth-order valence-corrected chi connectivity index (χ4v) is 2.84. The van der Waals surface area contributed by atoms with E-state index in [0.717, 1.165) is 0 Å². The van der Waals surface area contributed by atoms with Crippen molar-refractivity contribution in [2.24, 2.45) is 0 Å². The van der Waals surface area contributed by atoms with Crippen molar-refractivity contribution in [3.63, 3.8) is 0 Å². The molecule has 5 nitrogen and oxygen atoms in total. The monoisotopic (exact) mass is 401 g/mol. The van der Waals surface area contributed by atoms with E-state index in [0.29, 0.717) is 26.9 Å². The molecule has 0 bridgehead atoms. The number of carboxylic acids is 1. The Hall–Kier alpha value is -3.02. The van der Waals surface area contributed by atoms with Gasteiger partial charge in [0.05, 0.1) is 5.02 Å². The van der Waals surface area contributed by atoms with Crippen molar-refractivity contribution >= 4 is 41.2 Å². The van der Waals surface area contributed by atoms with Crippen LogP contribution >= 0.6 is 23.2 Å². The zero-order valence-corrected chi connectivity index (χ0v) is 15.3. The Bertz CT molecular complexity index is 1030. The third-order valence-corrected chi connectivity index (χ3v) is 4.17. The van der Waals surface area contributed by atoms with Gasteiger partial charge in [-0.05, 0) is 42.5 Å². The van der Waals surface area contributed by atoms with Gasteiger partial charge in [0.2, 0.25) is 0 Å². The molecule has 0 spiro atoms. The first-order chi connectivity index (χ1) is 12.9. The molecular formula is C20H13Cl2NO4. The summed E-state index contributed by atoms with van der Waals surface area (Å²) in [6.45, 7) is 0. The van der Waals surface area contributed by atoms with Crippen molar-refractivity contribution in [2.75, 3.05) is 0 Å². The van der Waals surface area contributed by atoms with Gasteiger partial charge in [0.1, 0.15) is 17.2 Å². The lowest BCUT2D eigenvalue weighted by Gasteiger charge is -2.05. The summed E-state index contributed by atoms with van der Waals surface area (Å²) < 4.78 is 5.64. The van der Waals surface area contributed by atoms with E-state index < -0.39 is 11.9 Å². The number of halogens is 2. The molecule has 2 aromatic carbocycles. The van der Waals surface area contributed by atoms with E-state index in [1.54, 1.807) is 60.7 Å². The molecule has 3 rings (SSSR count). The maximum Gasteiger partial charge on any atom is 0.352 e. The number of amides is 1. The van der Waals surface area contributed by atoms with E-state index in [9.17, 15) is 14.7 Å². The number of aliphatic carboxylic acids is 1. The van der Waals surface area contributed by atoms with Crippen molar-refractivity contribution < 1.29 is 19.1 Å². The Kier molecular flexibility index (Phi) is 5.64. The van der Waals surface area contributed by atoms with Crippen molar-refractivity contribution in [1.82, 2.24) is 5.32 Å². The van der Waals surface area contributed by atoms with E-state index in [1.165, 1.54) is 6.08 Å². The van der Waals surface area contributed by atoms with Gasteiger partial charge in [-0.25, -0.2) is 4.79 Å². The number of hydrogen-bond acceptors (Lipinski definition) is 3. The van der Waals surface area contributed by atoms with Crippen LogP contribution in [-0.4, -0.2) is 17.0 Å². The number of benzene rings is 2. The molecule has 1 amide bonds. The van der Waals surface area contributed by atoms with Gasteiger partial charge in [0.15, 0.2) is 0 Å². The molecular weight excluding hydrogens is 389 g/mol. The Morgan fingerprint density at radius 3 is 2.41 bits per heavy atom. The summed E-state index contributed by atoms with van der Waals surface area (Å²) in [4.78, 5) is 23.7. The highest BCUT2D eigenvalue weighted by atomic mass is 35.5.